The van der Waals surface area contributed by atoms with Gasteiger partial charge in [0, 0.05) is 56.9 Å². The number of amidine groups is 1. The van der Waals surface area contributed by atoms with Crippen LogP contribution < -0.4 is 5.32 Å². The van der Waals surface area contributed by atoms with E-state index >= 15 is 0 Å². The number of piperazine rings is 1. The van der Waals surface area contributed by atoms with Crippen LogP contribution in [0.4, 0.5) is 0 Å². The van der Waals surface area contributed by atoms with Crippen LogP contribution in [0.5, 0.6) is 0 Å². The highest BCUT2D eigenvalue weighted by Crippen LogP contribution is 2.25. The Balaban J connectivity index is 1.54. The summed E-state index contributed by atoms with van der Waals surface area (Å²) >= 11 is 6.02. The van der Waals surface area contributed by atoms with Crippen molar-refractivity contribution in [1.29, 1.82) is 0 Å². The SMILES string of the molecule is Clc1cncc(C2=CCN3C=C(N4CCNCC4)C=CC3=N2)c1. The second-order valence-corrected chi connectivity index (χ2v) is 6.16. The molecule has 3 aliphatic rings. The molecule has 0 aromatic carbocycles. The number of allylic oxidation sites excluding steroid dienone is 1. The Kier molecular flexibility index (Phi) is 3.89. The molecule has 0 amide bonds. The molecule has 0 bridgehead atoms. The summed E-state index contributed by atoms with van der Waals surface area (Å²) in [5.41, 5.74) is 3.14. The molecule has 1 aromatic heterocycles. The standard InChI is InChI=1S/C17H18ClN5/c18-14-9-13(10-20-11-14)16-3-6-23-12-15(1-2-17(23)21-16)22-7-4-19-5-8-22/h1-3,9-12,19H,4-8H2. The fourth-order valence-electron chi connectivity index (χ4n) is 2.97. The van der Waals surface area contributed by atoms with Crippen LogP contribution in [0.25, 0.3) is 5.70 Å². The molecular weight excluding hydrogens is 310 g/mol. The van der Waals surface area contributed by atoms with Gasteiger partial charge in [-0.25, -0.2) is 4.99 Å². The highest BCUT2D eigenvalue weighted by Gasteiger charge is 2.20. The lowest BCUT2D eigenvalue weighted by Crippen LogP contribution is -2.44. The monoisotopic (exact) mass is 327 g/mol. The first-order valence-corrected chi connectivity index (χ1v) is 8.19. The molecule has 4 rings (SSSR count). The molecule has 1 fully saturated rings. The lowest BCUT2D eigenvalue weighted by Gasteiger charge is -2.34. The molecule has 5 nitrogen and oxygen atoms in total. The predicted molar refractivity (Wildman–Crippen MR) is 93.0 cm³/mol. The predicted octanol–water partition coefficient (Wildman–Crippen LogP) is 2.11. The number of pyridine rings is 1. The molecular formula is C17H18ClN5. The van der Waals surface area contributed by atoms with Gasteiger partial charge in [-0.1, -0.05) is 11.6 Å². The lowest BCUT2D eigenvalue weighted by molar-refractivity contribution is 0.302. The minimum atomic E-state index is 0.631. The maximum absolute atomic E-state index is 6.02. The fraction of sp³-hybridized carbons (Fsp3) is 0.294. The van der Waals surface area contributed by atoms with E-state index in [-0.39, 0.29) is 0 Å². The van der Waals surface area contributed by atoms with E-state index in [0.717, 1.165) is 49.8 Å². The third-order valence-corrected chi connectivity index (χ3v) is 4.39. The number of hydrogen-bond donors (Lipinski definition) is 1. The number of fused-ring (bicyclic) bond motifs is 1. The Bertz CT molecular complexity index is 728. The van der Waals surface area contributed by atoms with Crippen LogP contribution in [0, 0.1) is 0 Å². The minimum Gasteiger partial charge on any atom is -0.368 e. The van der Waals surface area contributed by atoms with Crippen LogP contribution in [0.2, 0.25) is 5.02 Å². The number of hydrogen-bond acceptors (Lipinski definition) is 5. The van der Waals surface area contributed by atoms with Crippen molar-refractivity contribution in [3.05, 3.63) is 59.2 Å². The van der Waals surface area contributed by atoms with Gasteiger partial charge >= 0.3 is 0 Å². The fourth-order valence-corrected chi connectivity index (χ4v) is 3.14. The quantitative estimate of drug-likeness (QED) is 0.903. The maximum atomic E-state index is 6.02. The molecule has 4 heterocycles. The first-order chi connectivity index (χ1) is 11.3. The summed E-state index contributed by atoms with van der Waals surface area (Å²) in [6.45, 7) is 4.98. The van der Waals surface area contributed by atoms with Crippen molar-refractivity contribution in [3.8, 4) is 0 Å². The maximum Gasteiger partial charge on any atom is 0.133 e. The molecule has 1 aromatic rings. The van der Waals surface area contributed by atoms with E-state index in [0.29, 0.717) is 5.02 Å². The molecule has 0 aliphatic carbocycles. The Morgan fingerprint density at radius 2 is 2.00 bits per heavy atom. The van der Waals surface area contributed by atoms with E-state index in [1.54, 1.807) is 12.4 Å². The van der Waals surface area contributed by atoms with Gasteiger partial charge in [0.25, 0.3) is 0 Å². The van der Waals surface area contributed by atoms with Crippen molar-refractivity contribution in [2.24, 2.45) is 4.99 Å². The van der Waals surface area contributed by atoms with Gasteiger partial charge in [-0.2, -0.15) is 0 Å². The number of aliphatic imine (C=N–C) groups is 1. The largest absolute Gasteiger partial charge is 0.368 e. The van der Waals surface area contributed by atoms with Crippen molar-refractivity contribution < 1.29 is 0 Å². The summed E-state index contributed by atoms with van der Waals surface area (Å²) in [5, 5.41) is 4.01. The van der Waals surface area contributed by atoms with Crippen molar-refractivity contribution in [2.75, 3.05) is 32.7 Å². The molecule has 118 valence electrons. The van der Waals surface area contributed by atoms with Crippen LogP contribution >= 0.6 is 11.6 Å². The van der Waals surface area contributed by atoms with Gasteiger partial charge < -0.3 is 15.1 Å². The van der Waals surface area contributed by atoms with E-state index in [9.17, 15) is 0 Å². The van der Waals surface area contributed by atoms with Crippen molar-refractivity contribution in [1.82, 2.24) is 20.1 Å². The van der Waals surface area contributed by atoms with E-state index in [1.165, 1.54) is 5.70 Å². The van der Waals surface area contributed by atoms with Crippen LogP contribution in [-0.4, -0.2) is 53.3 Å². The lowest BCUT2D eigenvalue weighted by atomic mass is 10.1. The summed E-state index contributed by atoms with van der Waals surface area (Å²) in [6.07, 6.45) is 12.0. The zero-order valence-corrected chi connectivity index (χ0v) is 13.5. The van der Waals surface area contributed by atoms with Crippen LogP contribution in [0.15, 0.2) is 53.6 Å². The first-order valence-electron chi connectivity index (χ1n) is 7.81. The van der Waals surface area contributed by atoms with Gasteiger partial charge in [-0.05, 0) is 24.3 Å². The van der Waals surface area contributed by atoms with Crippen molar-refractivity contribution >= 4 is 23.1 Å². The smallest absolute Gasteiger partial charge is 0.133 e. The second kappa shape index (κ2) is 6.18. The van der Waals surface area contributed by atoms with Gasteiger partial charge in [0.15, 0.2) is 0 Å². The van der Waals surface area contributed by atoms with Gasteiger partial charge in [0.05, 0.1) is 16.4 Å². The molecule has 23 heavy (non-hydrogen) atoms. The summed E-state index contributed by atoms with van der Waals surface area (Å²) in [5.74, 6) is 0.960. The van der Waals surface area contributed by atoms with Gasteiger partial charge in [-0.3, -0.25) is 4.98 Å². The number of rotatable bonds is 2. The van der Waals surface area contributed by atoms with E-state index in [4.69, 9.17) is 16.6 Å². The summed E-state index contributed by atoms with van der Waals surface area (Å²) in [7, 11) is 0. The summed E-state index contributed by atoms with van der Waals surface area (Å²) in [6, 6.07) is 1.90. The van der Waals surface area contributed by atoms with Crippen LogP contribution in [-0.2, 0) is 0 Å². The third kappa shape index (κ3) is 3.02. The number of aromatic nitrogens is 1. The highest BCUT2D eigenvalue weighted by molar-refractivity contribution is 6.30. The van der Waals surface area contributed by atoms with Crippen LogP contribution in [0.3, 0.4) is 0 Å². The van der Waals surface area contributed by atoms with E-state index in [2.05, 4.69) is 44.5 Å². The topological polar surface area (TPSA) is 43.8 Å². The zero-order chi connectivity index (χ0) is 15.6. The zero-order valence-electron chi connectivity index (χ0n) is 12.7. The summed E-state index contributed by atoms with van der Waals surface area (Å²) in [4.78, 5) is 13.5. The second-order valence-electron chi connectivity index (χ2n) is 5.73. The molecule has 0 spiro atoms. The minimum absolute atomic E-state index is 0.631. The summed E-state index contributed by atoms with van der Waals surface area (Å²) < 4.78 is 0. The molecule has 3 aliphatic heterocycles. The molecule has 0 saturated carbocycles. The molecule has 0 unspecified atom stereocenters. The molecule has 6 heteroatoms. The molecule has 1 N–H and O–H groups in total. The average Bonchev–Trinajstić information content (AvgIpc) is 2.61. The van der Waals surface area contributed by atoms with Crippen molar-refractivity contribution in [3.63, 3.8) is 0 Å². The Labute approximate surface area is 140 Å². The third-order valence-electron chi connectivity index (χ3n) is 4.18. The molecule has 0 radical (unpaired) electrons. The normalized spacial score (nSPS) is 20.7. The number of nitrogens with zero attached hydrogens (tertiary/aromatic N) is 4. The molecule has 0 atom stereocenters. The average molecular weight is 328 g/mol. The van der Waals surface area contributed by atoms with Crippen molar-refractivity contribution in [2.45, 2.75) is 0 Å². The van der Waals surface area contributed by atoms with E-state index < -0.39 is 0 Å². The highest BCUT2D eigenvalue weighted by atomic mass is 35.5. The Morgan fingerprint density at radius 1 is 1.13 bits per heavy atom. The Morgan fingerprint density at radius 3 is 2.83 bits per heavy atom. The van der Waals surface area contributed by atoms with Gasteiger partial charge in [0.2, 0.25) is 0 Å². The Hall–Kier alpha value is -2.11. The first kappa shape index (κ1) is 14.5. The van der Waals surface area contributed by atoms with Gasteiger partial charge in [0.1, 0.15) is 5.84 Å². The number of halogens is 1. The van der Waals surface area contributed by atoms with Crippen LogP contribution in [0.1, 0.15) is 5.56 Å². The van der Waals surface area contributed by atoms with E-state index in [1.807, 2.05) is 6.07 Å². The van der Waals surface area contributed by atoms with Gasteiger partial charge in [-0.15, -0.1) is 0 Å². The molecule has 1 saturated heterocycles. The number of nitrogens with one attached hydrogen (secondary N) is 1.